The zero-order chi connectivity index (χ0) is 21.6. The van der Waals surface area contributed by atoms with Crippen LogP contribution in [0.15, 0.2) is 72.1 Å². The highest BCUT2D eigenvalue weighted by atomic mass is 32.1. The van der Waals surface area contributed by atoms with Gasteiger partial charge in [-0.25, -0.2) is 4.79 Å². The van der Waals surface area contributed by atoms with Gasteiger partial charge in [0.05, 0.1) is 12.0 Å². The number of rotatable bonds is 5. The van der Waals surface area contributed by atoms with Gasteiger partial charge in [-0.1, -0.05) is 54.1 Å². The molecular formula is C25H27N3O2S. The predicted octanol–water partition coefficient (Wildman–Crippen LogP) is 5.21. The van der Waals surface area contributed by atoms with Gasteiger partial charge in [-0.05, 0) is 48.9 Å². The molecule has 1 saturated heterocycles. The van der Waals surface area contributed by atoms with Crippen molar-refractivity contribution in [3.8, 4) is 0 Å². The average Bonchev–Trinajstić information content (AvgIpc) is 3.33. The summed E-state index contributed by atoms with van der Waals surface area (Å²) in [5.74, 6) is -0.223. The summed E-state index contributed by atoms with van der Waals surface area (Å²) < 4.78 is 0. The molecule has 0 bridgehead atoms. The highest BCUT2D eigenvalue weighted by molar-refractivity contribution is 7.10. The number of hydrogen-bond acceptors (Lipinski definition) is 3. The van der Waals surface area contributed by atoms with Crippen LogP contribution in [0.25, 0.3) is 0 Å². The standard InChI is InChI=1S/C25H27N3O2S/c1-18-11-13-19(14-12-18)23(22-10-6-16-31-22)27-24(29)20-7-5-15-28(17-20)25(30)26-21-8-3-2-4-9-21/h2-4,6,8-14,16,20,23H,5,7,15,17H2,1H3,(H,26,30)(H,27,29)/t20-,23-/m1/s1. The van der Waals surface area contributed by atoms with Crippen LogP contribution in [-0.4, -0.2) is 29.9 Å². The van der Waals surface area contributed by atoms with Gasteiger partial charge in [-0.3, -0.25) is 4.79 Å². The van der Waals surface area contributed by atoms with E-state index >= 15 is 0 Å². The maximum absolute atomic E-state index is 13.2. The van der Waals surface area contributed by atoms with Crippen LogP contribution in [0.4, 0.5) is 10.5 Å². The number of hydrogen-bond donors (Lipinski definition) is 2. The molecule has 3 aromatic rings. The predicted molar refractivity (Wildman–Crippen MR) is 125 cm³/mol. The molecule has 0 saturated carbocycles. The lowest BCUT2D eigenvalue weighted by atomic mass is 9.96. The van der Waals surface area contributed by atoms with Crippen molar-refractivity contribution in [2.75, 3.05) is 18.4 Å². The molecule has 0 radical (unpaired) electrons. The molecule has 0 aliphatic carbocycles. The van der Waals surface area contributed by atoms with E-state index in [1.54, 1.807) is 16.2 Å². The Morgan fingerprint density at radius 1 is 1.03 bits per heavy atom. The molecule has 3 amide bonds. The third-order valence-electron chi connectivity index (χ3n) is 5.63. The first-order valence-electron chi connectivity index (χ1n) is 10.6. The maximum atomic E-state index is 13.2. The highest BCUT2D eigenvalue weighted by Gasteiger charge is 2.30. The Bertz CT molecular complexity index is 1000. The molecule has 1 fully saturated rings. The van der Waals surface area contributed by atoms with Gasteiger partial charge >= 0.3 is 6.03 Å². The Kier molecular flexibility index (Phi) is 6.67. The van der Waals surface area contributed by atoms with Crippen molar-refractivity contribution in [3.63, 3.8) is 0 Å². The minimum Gasteiger partial charge on any atom is -0.344 e. The quantitative estimate of drug-likeness (QED) is 0.580. The van der Waals surface area contributed by atoms with E-state index in [4.69, 9.17) is 0 Å². The Labute approximate surface area is 187 Å². The van der Waals surface area contributed by atoms with Gasteiger partial charge < -0.3 is 15.5 Å². The summed E-state index contributed by atoms with van der Waals surface area (Å²) in [5.41, 5.74) is 3.01. The van der Waals surface area contributed by atoms with Crippen molar-refractivity contribution in [1.29, 1.82) is 0 Å². The number of anilines is 1. The molecule has 2 atom stereocenters. The Balaban J connectivity index is 1.43. The number of likely N-dealkylation sites (tertiary alicyclic amines) is 1. The normalized spacial score (nSPS) is 17.1. The summed E-state index contributed by atoms with van der Waals surface area (Å²) in [4.78, 5) is 28.7. The number of thiophene rings is 1. The molecule has 2 heterocycles. The van der Waals surface area contributed by atoms with Gasteiger partial charge in [0, 0.05) is 23.7 Å². The first kappa shape index (κ1) is 21.1. The summed E-state index contributed by atoms with van der Waals surface area (Å²) in [6.07, 6.45) is 1.60. The molecular weight excluding hydrogens is 406 g/mol. The number of benzene rings is 2. The molecule has 1 aromatic heterocycles. The Morgan fingerprint density at radius 2 is 1.81 bits per heavy atom. The van der Waals surface area contributed by atoms with Crippen LogP contribution >= 0.6 is 11.3 Å². The molecule has 160 valence electrons. The third kappa shape index (κ3) is 5.33. The SMILES string of the molecule is Cc1ccc([C@@H](NC(=O)[C@@H]2CCCN(C(=O)Nc3ccccc3)C2)c2cccs2)cc1. The van der Waals surface area contributed by atoms with Crippen LogP contribution in [0.3, 0.4) is 0 Å². The Hall–Kier alpha value is -3.12. The van der Waals surface area contributed by atoms with E-state index in [1.165, 1.54) is 5.56 Å². The van der Waals surface area contributed by atoms with Gasteiger partial charge in [0.15, 0.2) is 0 Å². The number of aryl methyl sites for hydroxylation is 1. The first-order valence-corrected chi connectivity index (χ1v) is 11.5. The third-order valence-corrected chi connectivity index (χ3v) is 6.57. The van der Waals surface area contributed by atoms with E-state index in [0.717, 1.165) is 29.0 Å². The van der Waals surface area contributed by atoms with Crippen LogP contribution in [0.2, 0.25) is 0 Å². The second-order valence-corrected chi connectivity index (χ2v) is 8.93. The fourth-order valence-electron chi connectivity index (χ4n) is 3.89. The monoisotopic (exact) mass is 433 g/mol. The van der Waals surface area contributed by atoms with Crippen LogP contribution in [0, 0.1) is 12.8 Å². The zero-order valence-corrected chi connectivity index (χ0v) is 18.4. The lowest BCUT2D eigenvalue weighted by Gasteiger charge is -2.33. The summed E-state index contributed by atoms with van der Waals surface area (Å²) in [5, 5.41) is 8.20. The summed E-state index contributed by atoms with van der Waals surface area (Å²) >= 11 is 1.64. The molecule has 6 heteroatoms. The van der Waals surface area contributed by atoms with Gasteiger partial charge in [0.1, 0.15) is 0 Å². The molecule has 4 rings (SSSR count). The highest BCUT2D eigenvalue weighted by Crippen LogP contribution is 2.28. The van der Waals surface area contributed by atoms with E-state index < -0.39 is 0 Å². The van der Waals surface area contributed by atoms with Gasteiger partial charge in [-0.15, -0.1) is 11.3 Å². The smallest absolute Gasteiger partial charge is 0.321 e. The van der Waals surface area contributed by atoms with Crippen LogP contribution < -0.4 is 10.6 Å². The summed E-state index contributed by atoms with van der Waals surface area (Å²) in [6.45, 7) is 3.14. The molecule has 1 aliphatic rings. The minimum absolute atomic E-state index is 0.00353. The van der Waals surface area contributed by atoms with Crippen molar-refractivity contribution < 1.29 is 9.59 Å². The van der Waals surface area contributed by atoms with Gasteiger partial charge in [0.25, 0.3) is 0 Å². The van der Waals surface area contributed by atoms with Crippen LogP contribution in [0.5, 0.6) is 0 Å². The fraction of sp³-hybridized carbons (Fsp3) is 0.280. The number of carbonyl (C=O) groups is 2. The number of amides is 3. The summed E-state index contributed by atoms with van der Waals surface area (Å²) in [6, 6.07) is 21.4. The van der Waals surface area contributed by atoms with Crippen molar-refractivity contribution in [1.82, 2.24) is 10.2 Å². The van der Waals surface area contributed by atoms with E-state index in [9.17, 15) is 9.59 Å². The first-order chi connectivity index (χ1) is 15.1. The van der Waals surface area contributed by atoms with Gasteiger partial charge in [-0.2, -0.15) is 0 Å². The van der Waals surface area contributed by atoms with Crippen molar-refractivity contribution in [2.45, 2.75) is 25.8 Å². The maximum Gasteiger partial charge on any atom is 0.321 e. The van der Waals surface area contributed by atoms with E-state index in [0.29, 0.717) is 13.1 Å². The van der Waals surface area contributed by atoms with Crippen molar-refractivity contribution in [3.05, 3.63) is 88.1 Å². The second-order valence-electron chi connectivity index (χ2n) is 7.95. The van der Waals surface area contributed by atoms with E-state index in [-0.39, 0.29) is 23.9 Å². The number of nitrogens with zero attached hydrogens (tertiary/aromatic N) is 1. The number of nitrogens with one attached hydrogen (secondary N) is 2. The van der Waals surface area contributed by atoms with Crippen LogP contribution in [0.1, 0.15) is 34.9 Å². The van der Waals surface area contributed by atoms with Crippen molar-refractivity contribution >= 4 is 29.0 Å². The van der Waals surface area contributed by atoms with E-state index in [1.807, 2.05) is 41.8 Å². The molecule has 5 nitrogen and oxygen atoms in total. The number of urea groups is 1. The molecule has 2 aromatic carbocycles. The minimum atomic E-state index is -0.219. The zero-order valence-electron chi connectivity index (χ0n) is 17.6. The largest absolute Gasteiger partial charge is 0.344 e. The fourth-order valence-corrected chi connectivity index (χ4v) is 4.70. The molecule has 31 heavy (non-hydrogen) atoms. The molecule has 2 N–H and O–H groups in total. The number of para-hydroxylation sites is 1. The number of piperidine rings is 1. The number of carbonyl (C=O) groups excluding carboxylic acids is 2. The average molecular weight is 434 g/mol. The van der Waals surface area contributed by atoms with Crippen molar-refractivity contribution in [2.24, 2.45) is 5.92 Å². The Morgan fingerprint density at radius 3 is 2.52 bits per heavy atom. The van der Waals surface area contributed by atoms with E-state index in [2.05, 4.69) is 47.9 Å². The second kappa shape index (κ2) is 9.79. The lowest BCUT2D eigenvalue weighted by Crippen LogP contribution is -2.47. The molecule has 0 spiro atoms. The lowest BCUT2D eigenvalue weighted by molar-refractivity contribution is -0.126. The molecule has 1 aliphatic heterocycles. The van der Waals surface area contributed by atoms with Crippen LogP contribution in [-0.2, 0) is 4.79 Å². The van der Waals surface area contributed by atoms with Gasteiger partial charge in [0.2, 0.25) is 5.91 Å². The molecule has 0 unspecified atom stereocenters. The topological polar surface area (TPSA) is 61.4 Å². The summed E-state index contributed by atoms with van der Waals surface area (Å²) in [7, 11) is 0.